The summed E-state index contributed by atoms with van der Waals surface area (Å²) in [5, 5.41) is 0. The van der Waals surface area contributed by atoms with E-state index in [2.05, 4.69) is 48.9 Å². The SMILES string of the molecule is CC(=O)N1CCN(C2=CC=CC3(C)CN(C)C(C)CC23)CC1. The first-order chi connectivity index (χ1) is 10.4. The number of rotatable bonds is 1. The molecule has 2 saturated heterocycles. The van der Waals surface area contributed by atoms with Gasteiger partial charge in [-0.3, -0.25) is 4.79 Å². The van der Waals surface area contributed by atoms with Gasteiger partial charge in [-0.25, -0.2) is 0 Å². The Morgan fingerprint density at radius 1 is 1.27 bits per heavy atom. The number of piperidine rings is 1. The van der Waals surface area contributed by atoms with E-state index < -0.39 is 0 Å². The van der Waals surface area contributed by atoms with Gasteiger partial charge in [0.05, 0.1) is 0 Å². The summed E-state index contributed by atoms with van der Waals surface area (Å²) in [6.45, 7) is 11.2. The van der Waals surface area contributed by atoms with Crippen LogP contribution in [0.1, 0.15) is 27.2 Å². The summed E-state index contributed by atoms with van der Waals surface area (Å²) in [6, 6.07) is 0.631. The quantitative estimate of drug-likeness (QED) is 0.741. The van der Waals surface area contributed by atoms with Crippen LogP contribution in [-0.4, -0.2) is 66.4 Å². The zero-order chi connectivity index (χ0) is 15.9. The molecule has 0 aromatic rings. The number of hydrogen-bond donors (Lipinski definition) is 0. The molecule has 0 spiro atoms. The standard InChI is InChI=1S/C18H29N3O/c1-14-12-16-17(6-5-7-18(16,3)13-19(14)4)21-10-8-20(9-11-21)15(2)22/h5-7,14,16H,8-13H2,1-4H3. The molecule has 3 rings (SSSR count). The first-order valence-corrected chi connectivity index (χ1v) is 8.51. The molecule has 1 aliphatic carbocycles. The van der Waals surface area contributed by atoms with Gasteiger partial charge in [0, 0.05) is 62.7 Å². The number of fused-ring (bicyclic) bond motifs is 1. The molecule has 0 saturated carbocycles. The lowest BCUT2D eigenvalue weighted by atomic mass is 9.66. The second-order valence-electron chi connectivity index (χ2n) is 7.50. The van der Waals surface area contributed by atoms with Gasteiger partial charge < -0.3 is 14.7 Å². The second kappa shape index (κ2) is 5.73. The minimum absolute atomic E-state index is 0.204. The topological polar surface area (TPSA) is 26.8 Å². The predicted molar refractivity (Wildman–Crippen MR) is 89.4 cm³/mol. The van der Waals surface area contributed by atoms with E-state index in [-0.39, 0.29) is 11.3 Å². The number of amides is 1. The lowest BCUT2D eigenvalue weighted by Gasteiger charge is -2.52. The maximum Gasteiger partial charge on any atom is 0.219 e. The van der Waals surface area contributed by atoms with Crippen LogP contribution in [0.2, 0.25) is 0 Å². The molecule has 2 heterocycles. The Bertz CT molecular complexity index is 504. The molecule has 0 bridgehead atoms. The summed E-state index contributed by atoms with van der Waals surface area (Å²) in [5.74, 6) is 0.808. The third-order valence-corrected chi connectivity index (χ3v) is 5.91. The van der Waals surface area contributed by atoms with E-state index in [9.17, 15) is 4.79 Å². The lowest BCUT2D eigenvalue weighted by molar-refractivity contribution is -0.130. The van der Waals surface area contributed by atoms with E-state index in [0.717, 1.165) is 32.7 Å². The molecule has 2 aliphatic heterocycles. The van der Waals surface area contributed by atoms with Gasteiger partial charge in [0.1, 0.15) is 0 Å². The van der Waals surface area contributed by atoms with E-state index in [4.69, 9.17) is 0 Å². The highest BCUT2D eigenvalue weighted by molar-refractivity contribution is 5.73. The molecule has 3 aliphatic rings. The first kappa shape index (κ1) is 15.6. The lowest BCUT2D eigenvalue weighted by Crippen LogP contribution is -2.54. The van der Waals surface area contributed by atoms with Gasteiger partial charge in [-0.1, -0.05) is 19.1 Å². The number of hydrogen-bond acceptors (Lipinski definition) is 3. The van der Waals surface area contributed by atoms with Gasteiger partial charge >= 0.3 is 0 Å². The van der Waals surface area contributed by atoms with Gasteiger partial charge in [-0.2, -0.15) is 0 Å². The van der Waals surface area contributed by atoms with Gasteiger partial charge in [-0.05, 0) is 26.5 Å². The van der Waals surface area contributed by atoms with Crippen LogP contribution in [0.15, 0.2) is 23.9 Å². The van der Waals surface area contributed by atoms with E-state index in [0.29, 0.717) is 12.0 Å². The Morgan fingerprint density at radius 2 is 1.95 bits per heavy atom. The zero-order valence-electron chi connectivity index (χ0n) is 14.4. The number of likely N-dealkylation sites (tertiary alicyclic amines) is 1. The summed E-state index contributed by atoms with van der Waals surface area (Å²) in [7, 11) is 2.24. The van der Waals surface area contributed by atoms with E-state index >= 15 is 0 Å². The molecule has 4 nitrogen and oxygen atoms in total. The van der Waals surface area contributed by atoms with Crippen LogP contribution in [0.5, 0.6) is 0 Å². The molecule has 22 heavy (non-hydrogen) atoms. The van der Waals surface area contributed by atoms with E-state index in [1.165, 1.54) is 12.1 Å². The van der Waals surface area contributed by atoms with Crippen LogP contribution in [-0.2, 0) is 4.79 Å². The molecule has 4 heteroatoms. The van der Waals surface area contributed by atoms with Crippen molar-refractivity contribution < 1.29 is 4.79 Å². The van der Waals surface area contributed by atoms with Crippen LogP contribution in [0.3, 0.4) is 0 Å². The van der Waals surface area contributed by atoms with Gasteiger partial charge in [0.25, 0.3) is 0 Å². The number of carbonyl (C=O) groups is 1. The molecule has 0 radical (unpaired) electrons. The molecule has 0 aromatic heterocycles. The van der Waals surface area contributed by atoms with Crippen molar-refractivity contribution in [2.75, 3.05) is 39.8 Å². The van der Waals surface area contributed by atoms with E-state index in [1.54, 1.807) is 6.92 Å². The fraction of sp³-hybridized carbons (Fsp3) is 0.722. The maximum atomic E-state index is 11.5. The Kier molecular flexibility index (Phi) is 4.06. The maximum absolute atomic E-state index is 11.5. The molecule has 0 N–H and O–H groups in total. The molecule has 2 fully saturated rings. The summed E-state index contributed by atoms with van der Waals surface area (Å²) in [6.07, 6.45) is 8.17. The first-order valence-electron chi connectivity index (χ1n) is 8.51. The highest BCUT2D eigenvalue weighted by atomic mass is 16.2. The zero-order valence-corrected chi connectivity index (χ0v) is 14.4. The molecule has 3 unspecified atom stereocenters. The van der Waals surface area contributed by atoms with Crippen LogP contribution in [0.25, 0.3) is 0 Å². The molecular formula is C18H29N3O. The predicted octanol–water partition coefficient (Wildman–Crippen LogP) is 1.95. The minimum atomic E-state index is 0.204. The van der Waals surface area contributed by atoms with Crippen molar-refractivity contribution in [1.82, 2.24) is 14.7 Å². The fourth-order valence-electron chi connectivity index (χ4n) is 4.31. The molecule has 3 atom stereocenters. The second-order valence-corrected chi connectivity index (χ2v) is 7.50. The Balaban J connectivity index is 1.75. The Labute approximate surface area is 134 Å². The van der Waals surface area contributed by atoms with Crippen molar-refractivity contribution in [2.24, 2.45) is 11.3 Å². The highest BCUT2D eigenvalue weighted by Crippen LogP contribution is 2.45. The van der Waals surface area contributed by atoms with E-state index in [1.807, 2.05) is 4.90 Å². The third-order valence-electron chi connectivity index (χ3n) is 5.91. The van der Waals surface area contributed by atoms with Crippen molar-refractivity contribution in [3.8, 4) is 0 Å². The van der Waals surface area contributed by atoms with Crippen molar-refractivity contribution in [1.29, 1.82) is 0 Å². The van der Waals surface area contributed by atoms with Crippen LogP contribution >= 0.6 is 0 Å². The average molecular weight is 303 g/mol. The number of nitrogens with zero attached hydrogens (tertiary/aromatic N) is 3. The smallest absolute Gasteiger partial charge is 0.219 e. The number of allylic oxidation sites excluding steroid dienone is 3. The van der Waals surface area contributed by atoms with Crippen molar-refractivity contribution in [2.45, 2.75) is 33.2 Å². The van der Waals surface area contributed by atoms with Crippen molar-refractivity contribution in [3.05, 3.63) is 23.9 Å². The summed E-state index contributed by atoms with van der Waals surface area (Å²) in [4.78, 5) is 18.5. The summed E-state index contributed by atoms with van der Waals surface area (Å²) in [5.41, 5.74) is 1.73. The van der Waals surface area contributed by atoms with Gasteiger partial charge in [-0.15, -0.1) is 0 Å². The van der Waals surface area contributed by atoms with Crippen LogP contribution in [0, 0.1) is 11.3 Å². The summed E-state index contributed by atoms with van der Waals surface area (Å²) >= 11 is 0. The fourth-order valence-corrected chi connectivity index (χ4v) is 4.31. The molecule has 1 amide bonds. The van der Waals surface area contributed by atoms with Crippen molar-refractivity contribution in [3.63, 3.8) is 0 Å². The normalized spacial score (nSPS) is 36.1. The largest absolute Gasteiger partial charge is 0.371 e. The number of carbonyl (C=O) groups excluding carboxylic acids is 1. The van der Waals surface area contributed by atoms with Gasteiger partial charge in [0.2, 0.25) is 5.91 Å². The third kappa shape index (κ3) is 2.69. The Hall–Kier alpha value is -1.29. The van der Waals surface area contributed by atoms with Crippen molar-refractivity contribution >= 4 is 5.91 Å². The molecule has 122 valence electrons. The Morgan fingerprint density at radius 3 is 2.59 bits per heavy atom. The molecular weight excluding hydrogens is 274 g/mol. The number of piperazine rings is 1. The molecule has 0 aromatic carbocycles. The van der Waals surface area contributed by atoms with Crippen LogP contribution in [0.4, 0.5) is 0 Å². The van der Waals surface area contributed by atoms with Crippen LogP contribution < -0.4 is 0 Å². The van der Waals surface area contributed by atoms with Gasteiger partial charge in [0.15, 0.2) is 0 Å². The summed E-state index contributed by atoms with van der Waals surface area (Å²) < 4.78 is 0. The highest BCUT2D eigenvalue weighted by Gasteiger charge is 2.44. The minimum Gasteiger partial charge on any atom is -0.371 e. The average Bonchev–Trinajstić information content (AvgIpc) is 2.48. The monoisotopic (exact) mass is 303 g/mol.